The molecule has 0 aliphatic carbocycles. The maximum absolute atomic E-state index is 5.70. The molecule has 2 atom stereocenters. The third kappa shape index (κ3) is 2.77. The number of nitrogen functional groups attached to an aromatic ring is 1. The largest absolute Gasteiger partial charge is 0.464 e. The number of rotatable bonds is 3. The van der Waals surface area contributed by atoms with Gasteiger partial charge in [-0.05, 0) is 13.8 Å². The van der Waals surface area contributed by atoms with Gasteiger partial charge in [0.1, 0.15) is 0 Å². The number of anilines is 2. The van der Waals surface area contributed by atoms with Gasteiger partial charge in [-0.15, -0.1) is 0 Å². The van der Waals surface area contributed by atoms with Gasteiger partial charge in [-0.25, -0.2) is 0 Å². The van der Waals surface area contributed by atoms with Crippen LogP contribution in [0.2, 0.25) is 0 Å². The summed E-state index contributed by atoms with van der Waals surface area (Å²) in [6, 6.07) is 0.679. The fourth-order valence-corrected chi connectivity index (χ4v) is 3.00. The summed E-state index contributed by atoms with van der Waals surface area (Å²) in [6.45, 7) is 7.73. The number of ether oxygens (including phenoxy) is 1. The molecule has 2 unspecified atom stereocenters. The third-order valence-electron chi connectivity index (χ3n) is 3.03. The lowest BCUT2D eigenvalue weighted by Gasteiger charge is -2.37. The van der Waals surface area contributed by atoms with Crippen molar-refractivity contribution in [3.8, 4) is 6.01 Å². The van der Waals surface area contributed by atoms with Crippen LogP contribution in [0.4, 0.5) is 11.9 Å². The van der Waals surface area contributed by atoms with Crippen molar-refractivity contribution in [1.29, 1.82) is 0 Å². The van der Waals surface area contributed by atoms with E-state index in [1.54, 1.807) is 0 Å². The minimum absolute atomic E-state index is 0.210. The lowest BCUT2D eigenvalue weighted by molar-refractivity contribution is 0.312. The van der Waals surface area contributed by atoms with Crippen LogP contribution in [0.15, 0.2) is 0 Å². The molecule has 2 heterocycles. The molecule has 7 heteroatoms. The average Bonchev–Trinajstić information content (AvgIpc) is 2.32. The monoisotopic (exact) mass is 269 g/mol. The molecule has 0 bridgehead atoms. The molecule has 1 aliphatic heterocycles. The molecule has 18 heavy (non-hydrogen) atoms. The Morgan fingerprint density at radius 2 is 2.17 bits per heavy atom. The molecule has 0 aromatic carbocycles. The third-order valence-corrected chi connectivity index (χ3v) is 4.37. The summed E-state index contributed by atoms with van der Waals surface area (Å²) in [5, 5.41) is 0.548. The van der Waals surface area contributed by atoms with Crippen LogP contribution < -0.4 is 15.4 Å². The van der Waals surface area contributed by atoms with E-state index in [1.165, 1.54) is 0 Å². The van der Waals surface area contributed by atoms with Crippen LogP contribution in [0.3, 0.4) is 0 Å². The molecular weight excluding hydrogens is 250 g/mol. The first-order valence-corrected chi connectivity index (χ1v) is 7.19. The van der Waals surface area contributed by atoms with Crippen molar-refractivity contribution in [2.45, 2.75) is 32.1 Å². The molecule has 2 rings (SSSR count). The van der Waals surface area contributed by atoms with Gasteiger partial charge in [0.15, 0.2) is 0 Å². The van der Waals surface area contributed by atoms with E-state index in [0.717, 1.165) is 12.3 Å². The SMILES string of the molecule is CCOc1nc(N)nc(N2CCSC(C)C2C)n1. The zero-order valence-corrected chi connectivity index (χ0v) is 11.8. The van der Waals surface area contributed by atoms with Gasteiger partial charge < -0.3 is 15.4 Å². The van der Waals surface area contributed by atoms with Gasteiger partial charge in [-0.1, -0.05) is 6.92 Å². The maximum Gasteiger partial charge on any atom is 0.323 e. The second kappa shape index (κ2) is 5.60. The van der Waals surface area contributed by atoms with Gasteiger partial charge in [0.25, 0.3) is 0 Å². The quantitative estimate of drug-likeness (QED) is 0.883. The Morgan fingerprint density at radius 3 is 2.89 bits per heavy atom. The van der Waals surface area contributed by atoms with Gasteiger partial charge in [-0.2, -0.15) is 26.7 Å². The van der Waals surface area contributed by atoms with Crippen molar-refractivity contribution >= 4 is 23.7 Å². The van der Waals surface area contributed by atoms with Crippen molar-refractivity contribution in [2.24, 2.45) is 0 Å². The van der Waals surface area contributed by atoms with Crippen LogP contribution in [0.1, 0.15) is 20.8 Å². The molecule has 1 saturated heterocycles. The Kier molecular flexibility index (Phi) is 4.11. The van der Waals surface area contributed by atoms with E-state index in [-0.39, 0.29) is 5.95 Å². The fourth-order valence-electron chi connectivity index (χ4n) is 1.90. The van der Waals surface area contributed by atoms with Gasteiger partial charge >= 0.3 is 6.01 Å². The predicted molar refractivity (Wildman–Crippen MR) is 74.1 cm³/mol. The number of aromatic nitrogens is 3. The highest BCUT2D eigenvalue weighted by Gasteiger charge is 2.27. The Morgan fingerprint density at radius 1 is 1.39 bits per heavy atom. The van der Waals surface area contributed by atoms with E-state index in [1.807, 2.05) is 18.7 Å². The lowest BCUT2D eigenvalue weighted by Crippen LogP contribution is -2.45. The van der Waals surface area contributed by atoms with Crippen LogP contribution in [0.5, 0.6) is 6.01 Å². The molecule has 1 aliphatic rings. The summed E-state index contributed by atoms with van der Waals surface area (Å²) in [6.07, 6.45) is 0. The van der Waals surface area contributed by atoms with Crippen LogP contribution in [-0.4, -0.2) is 45.1 Å². The Bertz CT molecular complexity index is 416. The van der Waals surface area contributed by atoms with E-state index in [4.69, 9.17) is 10.5 Å². The predicted octanol–water partition coefficient (Wildman–Crippen LogP) is 1.18. The highest BCUT2D eigenvalue weighted by atomic mass is 32.2. The zero-order chi connectivity index (χ0) is 13.1. The molecule has 0 radical (unpaired) electrons. The standard InChI is InChI=1S/C11H19N5OS/c1-4-17-11-14-9(12)13-10(15-11)16-5-6-18-8(3)7(16)2/h7-8H,4-6H2,1-3H3,(H2,12,13,14,15). The van der Waals surface area contributed by atoms with Gasteiger partial charge in [0.05, 0.1) is 6.61 Å². The van der Waals surface area contributed by atoms with Crippen LogP contribution in [0, 0.1) is 0 Å². The van der Waals surface area contributed by atoms with Crippen LogP contribution in [-0.2, 0) is 0 Å². The number of nitrogens with two attached hydrogens (primary N) is 1. The average molecular weight is 269 g/mol. The molecule has 6 nitrogen and oxygen atoms in total. The van der Waals surface area contributed by atoms with E-state index in [9.17, 15) is 0 Å². The Hall–Kier alpha value is -1.24. The summed E-state index contributed by atoms with van der Waals surface area (Å²) in [4.78, 5) is 14.7. The van der Waals surface area contributed by atoms with Gasteiger partial charge in [0, 0.05) is 23.6 Å². The van der Waals surface area contributed by atoms with E-state index < -0.39 is 0 Å². The molecule has 0 saturated carbocycles. The molecule has 0 spiro atoms. The van der Waals surface area contributed by atoms with Crippen molar-refractivity contribution in [2.75, 3.05) is 29.5 Å². The van der Waals surface area contributed by atoms with E-state index >= 15 is 0 Å². The Labute approximate surface area is 111 Å². The summed E-state index contributed by atoms with van der Waals surface area (Å²) >= 11 is 1.97. The molecular formula is C11H19N5OS. The molecule has 2 N–H and O–H groups in total. The number of thioether (sulfide) groups is 1. The molecule has 1 fully saturated rings. The number of nitrogens with zero attached hydrogens (tertiary/aromatic N) is 4. The van der Waals surface area contributed by atoms with Crippen molar-refractivity contribution in [1.82, 2.24) is 15.0 Å². The first-order chi connectivity index (χ1) is 8.61. The highest BCUT2D eigenvalue weighted by molar-refractivity contribution is 8.00. The van der Waals surface area contributed by atoms with Crippen molar-refractivity contribution < 1.29 is 4.74 Å². The zero-order valence-electron chi connectivity index (χ0n) is 11.0. The Balaban J connectivity index is 2.26. The molecule has 0 amide bonds. The van der Waals surface area contributed by atoms with Crippen LogP contribution >= 0.6 is 11.8 Å². The number of hydrogen-bond donors (Lipinski definition) is 1. The number of hydrogen-bond acceptors (Lipinski definition) is 7. The molecule has 1 aromatic heterocycles. The minimum Gasteiger partial charge on any atom is -0.464 e. The van der Waals surface area contributed by atoms with E-state index in [2.05, 4.69) is 33.7 Å². The summed E-state index contributed by atoms with van der Waals surface area (Å²) in [5.41, 5.74) is 5.70. The fraction of sp³-hybridized carbons (Fsp3) is 0.727. The summed E-state index contributed by atoms with van der Waals surface area (Å²) < 4.78 is 5.31. The van der Waals surface area contributed by atoms with Gasteiger partial charge in [0.2, 0.25) is 11.9 Å². The minimum atomic E-state index is 0.210. The smallest absolute Gasteiger partial charge is 0.323 e. The van der Waals surface area contributed by atoms with Crippen molar-refractivity contribution in [3.05, 3.63) is 0 Å². The van der Waals surface area contributed by atoms with Crippen molar-refractivity contribution in [3.63, 3.8) is 0 Å². The van der Waals surface area contributed by atoms with Crippen LogP contribution in [0.25, 0.3) is 0 Å². The first kappa shape index (κ1) is 13.2. The molecule has 1 aromatic rings. The molecule has 100 valence electrons. The maximum atomic E-state index is 5.70. The van der Waals surface area contributed by atoms with Gasteiger partial charge in [-0.3, -0.25) is 0 Å². The second-order valence-electron chi connectivity index (χ2n) is 4.22. The first-order valence-electron chi connectivity index (χ1n) is 6.14. The summed E-state index contributed by atoms with van der Waals surface area (Å²) in [5.74, 6) is 1.90. The highest BCUT2D eigenvalue weighted by Crippen LogP contribution is 2.27. The topological polar surface area (TPSA) is 77.2 Å². The van der Waals surface area contributed by atoms with E-state index in [0.29, 0.717) is 29.9 Å². The lowest BCUT2D eigenvalue weighted by atomic mass is 10.2. The normalized spacial score (nSPS) is 24.1. The summed E-state index contributed by atoms with van der Waals surface area (Å²) in [7, 11) is 0. The second-order valence-corrected chi connectivity index (χ2v) is 5.70.